The standard InChI is InChI=1S/C53H96O6/c1-4-7-10-13-16-19-22-24-25-26-27-28-29-32-34-37-40-43-46-52(55)58-49-50(48-57-51(54)45-42-39-36-33-30-21-18-15-12-9-6-3)59-53(56)47-44-41-38-35-31-23-20-17-14-11-8-5-2/h8,11,15,17-18,20,50H,4-7,9-10,12-14,16,19,21-49H2,1-3H3/b11-8-,18-15-,20-17-. The van der Waals surface area contributed by atoms with E-state index in [4.69, 9.17) is 14.2 Å². The Morgan fingerprint density at radius 2 is 0.678 bits per heavy atom. The molecule has 0 aliphatic heterocycles. The highest BCUT2D eigenvalue weighted by Crippen LogP contribution is 2.16. The second-order valence-corrected chi connectivity index (χ2v) is 17.1. The average Bonchev–Trinajstić information content (AvgIpc) is 3.23. The van der Waals surface area contributed by atoms with Crippen LogP contribution >= 0.6 is 0 Å². The van der Waals surface area contributed by atoms with Crippen LogP contribution in [0.5, 0.6) is 0 Å². The SMILES string of the molecule is CC/C=C\C/C=C\CCCCCCCC(=O)OC(COC(=O)CCCCCCC/C=C\CCCC)COC(=O)CCCCCCCCCCCCCCCCCCCC. The van der Waals surface area contributed by atoms with Crippen LogP contribution in [0.4, 0.5) is 0 Å². The van der Waals surface area contributed by atoms with Crippen molar-refractivity contribution in [2.24, 2.45) is 0 Å². The first-order valence-corrected chi connectivity index (χ1v) is 25.5. The third-order valence-corrected chi connectivity index (χ3v) is 11.1. The minimum absolute atomic E-state index is 0.0778. The lowest BCUT2D eigenvalue weighted by Crippen LogP contribution is -2.30. The highest BCUT2D eigenvalue weighted by atomic mass is 16.6. The molecule has 1 atom stereocenters. The third-order valence-electron chi connectivity index (χ3n) is 11.1. The van der Waals surface area contributed by atoms with Gasteiger partial charge in [-0.2, -0.15) is 0 Å². The molecule has 0 aliphatic carbocycles. The minimum Gasteiger partial charge on any atom is -0.462 e. The lowest BCUT2D eigenvalue weighted by atomic mass is 10.0. The fraction of sp³-hybridized carbons (Fsp3) is 0.830. The highest BCUT2D eigenvalue weighted by molar-refractivity contribution is 5.71. The molecule has 0 aliphatic rings. The molecule has 6 nitrogen and oxygen atoms in total. The molecular formula is C53H96O6. The van der Waals surface area contributed by atoms with Crippen molar-refractivity contribution < 1.29 is 28.6 Å². The Kier molecular flexibility index (Phi) is 46.4. The Bertz CT molecular complexity index is 1000. The number of hydrogen-bond acceptors (Lipinski definition) is 6. The second-order valence-electron chi connectivity index (χ2n) is 17.1. The number of carbonyl (C=O) groups is 3. The molecule has 0 saturated heterocycles. The van der Waals surface area contributed by atoms with Crippen LogP contribution < -0.4 is 0 Å². The van der Waals surface area contributed by atoms with Gasteiger partial charge in [-0.1, -0.05) is 218 Å². The number of allylic oxidation sites excluding steroid dienone is 6. The molecule has 0 aromatic carbocycles. The van der Waals surface area contributed by atoms with Gasteiger partial charge in [-0.15, -0.1) is 0 Å². The topological polar surface area (TPSA) is 78.9 Å². The number of carbonyl (C=O) groups excluding carboxylic acids is 3. The van der Waals surface area contributed by atoms with Crippen molar-refractivity contribution in [3.05, 3.63) is 36.5 Å². The number of hydrogen-bond donors (Lipinski definition) is 0. The van der Waals surface area contributed by atoms with Crippen molar-refractivity contribution in [2.45, 2.75) is 271 Å². The fourth-order valence-corrected chi connectivity index (χ4v) is 7.29. The molecule has 0 aromatic rings. The summed E-state index contributed by atoms with van der Waals surface area (Å²) >= 11 is 0. The van der Waals surface area contributed by atoms with Gasteiger partial charge in [-0.25, -0.2) is 0 Å². The van der Waals surface area contributed by atoms with E-state index in [0.717, 1.165) is 96.3 Å². The maximum atomic E-state index is 12.7. The van der Waals surface area contributed by atoms with Crippen molar-refractivity contribution in [3.8, 4) is 0 Å². The van der Waals surface area contributed by atoms with Crippen molar-refractivity contribution in [2.75, 3.05) is 13.2 Å². The summed E-state index contributed by atoms with van der Waals surface area (Å²) in [6, 6.07) is 0. The van der Waals surface area contributed by atoms with Crippen LogP contribution in [0.2, 0.25) is 0 Å². The zero-order valence-electron chi connectivity index (χ0n) is 39.3. The summed E-state index contributed by atoms with van der Waals surface area (Å²) < 4.78 is 16.8. The van der Waals surface area contributed by atoms with Crippen LogP contribution in [0.25, 0.3) is 0 Å². The second kappa shape index (κ2) is 48.3. The molecular weight excluding hydrogens is 733 g/mol. The van der Waals surface area contributed by atoms with Gasteiger partial charge < -0.3 is 14.2 Å². The van der Waals surface area contributed by atoms with E-state index in [0.29, 0.717) is 19.3 Å². The zero-order valence-corrected chi connectivity index (χ0v) is 39.3. The van der Waals surface area contributed by atoms with Crippen molar-refractivity contribution in [3.63, 3.8) is 0 Å². The lowest BCUT2D eigenvalue weighted by molar-refractivity contribution is -0.167. The molecule has 1 unspecified atom stereocenters. The Hall–Kier alpha value is -2.37. The maximum Gasteiger partial charge on any atom is 0.306 e. The third kappa shape index (κ3) is 46.5. The van der Waals surface area contributed by atoms with Crippen LogP contribution in [0.1, 0.15) is 265 Å². The predicted molar refractivity (Wildman–Crippen MR) is 252 cm³/mol. The number of ether oxygens (including phenoxy) is 3. The molecule has 0 saturated carbocycles. The Labute approximate surface area is 365 Å². The molecule has 0 amide bonds. The molecule has 0 heterocycles. The van der Waals surface area contributed by atoms with Gasteiger partial charge in [0, 0.05) is 19.3 Å². The normalized spacial score (nSPS) is 12.3. The smallest absolute Gasteiger partial charge is 0.306 e. The first-order valence-electron chi connectivity index (χ1n) is 25.5. The van der Waals surface area contributed by atoms with E-state index in [1.54, 1.807) is 0 Å². The molecule has 0 aromatic heterocycles. The first kappa shape index (κ1) is 56.6. The van der Waals surface area contributed by atoms with E-state index in [1.165, 1.54) is 128 Å². The van der Waals surface area contributed by atoms with E-state index in [-0.39, 0.29) is 31.1 Å². The van der Waals surface area contributed by atoms with Crippen LogP contribution in [-0.2, 0) is 28.6 Å². The summed E-state index contributed by atoms with van der Waals surface area (Å²) in [5.74, 6) is -0.895. The summed E-state index contributed by atoms with van der Waals surface area (Å²) in [7, 11) is 0. The van der Waals surface area contributed by atoms with Crippen LogP contribution in [0.15, 0.2) is 36.5 Å². The Morgan fingerprint density at radius 3 is 1.08 bits per heavy atom. The molecule has 0 bridgehead atoms. The summed E-state index contributed by atoms with van der Waals surface area (Å²) in [6.07, 6.45) is 55.6. The zero-order chi connectivity index (χ0) is 43.0. The van der Waals surface area contributed by atoms with Crippen LogP contribution in [-0.4, -0.2) is 37.2 Å². The summed E-state index contributed by atoms with van der Waals surface area (Å²) in [4.78, 5) is 37.9. The molecule has 6 heteroatoms. The summed E-state index contributed by atoms with van der Waals surface area (Å²) in [5.41, 5.74) is 0. The summed E-state index contributed by atoms with van der Waals surface area (Å²) in [6.45, 7) is 6.49. The largest absolute Gasteiger partial charge is 0.462 e. The van der Waals surface area contributed by atoms with E-state index in [2.05, 4.69) is 57.2 Å². The van der Waals surface area contributed by atoms with Crippen LogP contribution in [0, 0.1) is 0 Å². The molecule has 0 rings (SSSR count). The van der Waals surface area contributed by atoms with Gasteiger partial charge in [0.1, 0.15) is 13.2 Å². The van der Waals surface area contributed by atoms with Crippen molar-refractivity contribution >= 4 is 17.9 Å². The monoisotopic (exact) mass is 829 g/mol. The summed E-state index contributed by atoms with van der Waals surface area (Å²) in [5, 5.41) is 0. The first-order chi connectivity index (χ1) is 29.0. The van der Waals surface area contributed by atoms with E-state index >= 15 is 0 Å². The Morgan fingerprint density at radius 1 is 0.356 bits per heavy atom. The fourth-order valence-electron chi connectivity index (χ4n) is 7.29. The number of esters is 3. The van der Waals surface area contributed by atoms with Crippen LogP contribution in [0.3, 0.4) is 0 Å². The Balaban J connectivity index is 4.30. The quantitative estimate of drug-likeness (QED) is 0.0263. The van der Waals surface area contributed by atoms with Gasteiger partial charge in [-0.05, 0) is 64.2 Å². The molecule has 344 valence electrons. The van der Waals surface area contributed by atoms with Gasteiger partial charge in [-0.3, -0.25) is 14.4 Å². The van der Waals surface area contributed by atoms with E-state index in [1.807, 2.05) is 0 Å². The van der Waals surface area contributed by atoms with Gasteiger partial charge >= 0.3 is 17.9 Å². The van der Waals surface area contributed by atoms with Gasteiger partial charge in [0.05, 0.1) is 0 Å². The molecule has 0 fully saturated rings. The molecule has 0 spiro atoms. The number of rotatable bonds is 46. The van der Waals surface area contributed by atoms with Gasteiger partial charge in [0.2, 0.25) is 0 Å². The molecule has 0 radical (unpaired) electrons. The van der Waals surface area contributed by atoms with Crippen molar-refractivity contribution in [1.82, 2.24) is 0 Å². The number of unbranched alkanes of at least 4 members (excludes halogenated alkanes) is 29. The average molecular weight is 829 g/mol. The van der Waals surface area contributed by atoms with E-state index < -0.39 is 6.10 Å². The molecule has 59 heavy (non-hydrogen) atoms. The minimum atomic E-state index is -0.778. The molecule has 0 N–H and O–H groups in total. The van der Waals surface area contributed by atoms with Gasteiger partial charge in [0.15, 0.2) is 6.10 Å². The van der Waals surface area contributed by atoms with E-state index in [9.17, 15) is 14.4 Å². The lowest BCUT2D eigenvalue weighted by Gasteiger charge is -2.18. The maximum absolute atomic E-state index is 12.7. The van der Waals surface area contributed by atoms with Crippen molar-refractivity contribution in [1.29, 1.82) is 0 Å². The highest BCUT2D eigenvalue weighted by Gasteiger charge is 2.19. The van der Waals surface area contributed by atoms with Gasteiger partial charge in [0.25, 0.3) is 0 Å². The predicted octanol–water partition coefficient (Wildman–Crippen LogP) is 16.5.